The van der Waals surface area contributed by atoms with E-state index in [9.17, 15) is 10.2 Å². The summed E-state index contributed by atoms with van der Waals surface area (Å²) < 4.78 is 7.60. The van der Waals surface area contributed by atoms with Crippen LogP contribution in [0.5, 0.6) is 11.5 Å². The summed E-state index contributed by atoms with van der Waals surface area (Å²) in [6, 6.07) is 4.65. The zero-order valence-corrected chi connectivity index (χ0v) is 17.3. The largest absolute Gasteiger partial charge is 0.504 e. The van der Waals surface area contributed by atoms with Crippen molar-refractivity contribution >= 4 is 0 Å². The molecule has 0 radical (unpaired) electrons. The molecular weight excluding hydrogens is 366 g/mol. The van der Waals surface area contributed by atoms with Gasteiger partial charge in [0, 0.05) is 43.6 Å². The molecule has 156 valence electrons. The smallest absolute Gasteiger partial charge is 0.161 e. The Bertz CT molecular complexity index is 877. The first-order valence-electron chi connectivity index (χ1n) is 10.5. The molecule has 2 aromatic rings. The molecule has 2 aliphatic rings. The molecular formula is C23H31N3O3. The lowest BCUT2D eigenvalue weighted by molar-refractivity contribution is -0.0669. The summed E-state index contributed by atoms with van der Waals surface area (Å²) in [5.74, 6) is 1.52. The third-order valence-electron chi connectivity index (χ3n) is 6.40. The molecule has 4 rings (SSSR count). The molecule has 0 saturated carbocycles. The number of aryl methyl sites for hydroxylation is 1. The van der Waals surface area contributed by atoms with E-state index in [1.165, 1.54) is 0 Å². The second kappa shape index (κ2) is 7.84. The van der Waals surface area contributed by atoms with Crippen LogP contribution in [-0.4, -0.2) is 43.4 Å². The number of ether oxygens (including phenoxy) is 1. The molecule has 2 atom stereocenters. The molecule has 6 heteroatoms. The predicted octanol–water partition coefficient (Wildman–Crippen LogP) is 3.27. The number of allylic oxidation sites excluding steroid dienone is 1. The standard InChI is InChI=1S/C23H31N3O3/c1-4-6-17-11-16(12-20(21(17)27)29-5-2)15-26-18-7-8-19(26)14-23(28,13-18)22-24-9-10-25(22)3/h4,9-12,18-19,27-28H,1,5-8,13-15H2,2-3H3/t18-,19-/m0/s1. The van der Waals surface area contributed by atoms with Crippen LogP contribution in [0.3, 0.4) is 0 Å². The molecule has 2 fully saturated rings. The van der Waals surface area contributed by atoms with Gasteiger partial charge in [0.15, 0.2) is 11.5 Å². The molecule has 2 saturated heterocycles. The van der Waals surface area contributed by atoms with Crippen molar-refractivity contribution < 1.29 is 14.9 Å². The van der Waals surface area contributed by atoms with Gasteiger partial charge in [0.2, 0.25) is 0 Å². The zero-order valence-electron chi connectivity index (χ0n) is 17.3. The van der Waals surface area contributed by atoms with E-state index in [0.717, 1.165) is 36.3 Å². The Labute approximate surface area is 172 Å². The van der Waals surface area contributed by atoms with Gasteiger partial charge >= 0.3 is 0 Å². The molecule has 2 bridgehead atoms. The van der Waals surface area contributed by atoms with E-state index in [2.05, 4.69) is 22.5 Å². The van der Waals surface area contributed by atoms with Gasteiger partial charge in [0.05, 0.1) is 6.61 Å². The number of imidazole rings is 1. The molecule has 0 aliphatic carbocycles. The van der Waals surface area contributed by atoms with Gasteiger partial charge in [-0.15, -0.1) is 6.58 Å². The summed E-state index contributed by atoms with van der Waals surface area (Å²) in [5, 5.41) is 21.8. The van der Waals surface area contributed by atoms with Crippen LogP contribution in [0.25, 0.3) is 0 Å². The molecule has 0 unspecified atom stereocenters. The van der Waals surface area contributed by atoms with Gasteiger partial charge < -0.3 is 19.5 Å². The Morgan fingerprint density at radius 1 is 1.31 bits per heavy atom. The normalized spacial score (nSPS) is 26.6. The summed E-state index contributed by atoms with van der Waals surface area (Å²) in [6.07, 6.45) is 9.63. The lowest BCUT2D eigenvalue weighted by Crippen LogP contribution is -2.50. The fourth-order valence-electron chi connectivity index (χ4n) is 5.18. The Kier molecular flexibility index (Phi) is 5.40. The first-order chi connectivity index (χ1) is 13.9. The number of phenolic OH excluding ortho intramolecular Hbond substituents is 1. The second-order valence-corrected chi connectivity index (χ2v) is 8.39. The van der Waals surface area contributed by atoms with Gasteiger partial charge in [-0.2, -0.15) is 0 Å². The van der Waals surface area contributed by atoms with E-state index in [-0.39, 0.29) is 5.75 Å². The highest BCUT2D eigenvalue weighted by Gasteiger charge is 2.49. The second-order valence-electron chi connectivity index (χ2n) is 8.39. The number of aromatic hydroxyl groups is 1. The van der Waals surface area contributed by atoms with Crippen LogP contribution in [-0.2, 0) is 25.6 Å². The lowest BCUT2D eigenvalue weighted by atomic mass is 9.85. The van der Waals surface area contributed by atoms with Gasteiger partial charge in [-0.3, -0.25) is 4.90 Å². The zero-order chi connectivity index (χ0) is 20.6. The average Bonchev–Trinajstić information content (AvgIpc) is 3.21. The van der Waals surface area contributed by atoms with Gasteiger partial charge in [-0.25, -0.2) is 4.98 Å². The number of rotatable bonds is 7. The maximum Gasteiger partial charge on any atom is 0.161 e. The van der Waals surface area contributed by atoms with Gasteiger partial charge in [0.25, 0.3) is 0 Å². The van der Waals surface area contributed by atoms with Crippen LogP contribution >= 0.6 is 0 Å². The van der Waals surface area contributed by atoms with Crippen molar-refractivity contribution in [2.75, 3.05) is 6.61 Å². The number of nitrogens with zero attached hydrogens (tertiary/aromatic N) is 3. The molecule has 1 aromatic heterocycles. The predicted molar refractivity (Wildman–Crippen MR) is 112 cm³/mol. The van der Waals surface area contributed by atoms with Crippen molar-refractivity contribution in [2.24, 2.45) is 7.05 Å². The first-order valence-corrected chi connectivity index (χ1v) is 10.5. The molecule has 3 heterocycles. The number of aromatic nitrogens is 2. The SMILES string of the molecule is C=CCc1cc(CN2[C@H]3CC[C@H]2CC(O)(c2nccn2C)C3)cc(OCC)c1O. The van der Waals surface area contributed by atoms with E-state index < -0.39 is 5.60 Å². The molecule has 2 N–H and O–H groups in total. The monoisotopic (exact) mass is 397 g/mol. The number of hydrogen-bond acceptors (Lipinski definition) is 5. The number of phenols is 1. The minimum Gasteiger partial charge on any atom is -0.504 e. The average molecular weight is 398 g/mol. The van der Waals surface area contributed by atoms with E-state index in [1.54, 1.807) is 12.3 Å². The Morgan fingerprint density at radius 3 is 2.62 bits per heavy atom. The van der Waals surface area contributed by atoms with Crippen LogP contribution < -0.4 is 4.74 Å². The number of piperidine rings is 1. The summed E-state index contributed by atoms with van der Waals surface area (Å²) in [4.78, 5) is 6.94. The van der Waals surface area contributed by atoms with Crippen molar-refractivity contribution in [3.8, 4) is 11.5 Å². The molecule has 6 nitrogen and oxygen atoms in total. The summed E-state index contributed by atoms with van der Waals surface area (Å²) in [6.45, 7) is 7.02. The fourth-order valence-corrected chi connectivity index (χ4v) is 5.18. The third kappa shape index (κ3) is 3.67. The van der Waals surface area contributed by atoms with E-state index in [0.29, 0.717) is 43.7 Å². The van der Waals surface area contributed by atoms with E-state index in [1.807, 2.05) is 30.8 Å². The molecule has 2 aliphatic heterocycles. The minimum atomic E-state index is -0.861. The minimum absolute atomic E-state index is 0.210. The number of fused-ring (bicyclic) bond motifs is 2. The van der Waals surface area contributed by atoms with Gasteiger partial charge in [-0.05, 0) is 50.7 Å². The van der Waals surface area contributed by atoms with Gasteiger partial charge in [-0.1, -0.05) is 12.1 Å². The van der Waals surface area contributed by atoms with E-state index >= 15 is 0 Å². The van der Waals surface area contributed by atoms with Crippen molar-refractivity contribution in [1.82, 2.24) is 14.5 Å². The maximum atomic E-state index is 11.4. The Hall–Kier alpha value is -2.31. The Morgan fingerprint density at radius 2 is 2.03 bits per heavy atom. The van der Waals surface area contributed by atoms with Gasteiger partial charge in [0.1, 0.15) is 11.4 Å². The van der Waals surface area contributed by atoms with Crippen LogP contribution in [0.1, 0.15) is 49.6 Å². The topological polar surface area (TPSA) is 70.8 Å². The lowest BCUT2D eigenvalue weighted by Gasteiger charge is -2.43. The highest BCUT2D eigenvalue weighted by molar-refractivity contribution is 5.49. The van der Waals surface area contributed by atoms with Crippen LogP contribution in [0.4, 0.5) is 0 Å². The summed E-state index contributed by atoms with van der Waals surface area (Å²) in [7, 11) is 1.95. The summed E-state index contributed by atoms with van der Waals surface area (Å²) >= 11 is 0. The van der Waals surface area contributed by atoms with Crippen molar-refractivity contribution in [3.05, 3.63) is 54.1 Å². The quantitative estimate of drug-likeness (QED) is 0.702. The molecule has 29 heavy (non-hydrogen) atoms. The third-order valence-corrected chi connectivity index (χ3v) is 6.40. The highest BCUT2D eigenvalue weighted by atomic mass is 16.5. The number of hydrogen-bond donors (Lipinski definition) is 2. The van der Waals surface area contributed by atoms with Crippen molar-refractivity contribution in [2.45, 2.75) is 63.3 Å². The number of aliphatic hydroxyl groups is 1. The summed E-state index contributed by atoms with van der Waals surface area (Å²) in [5.41, 5.74) is 1.11. The molecule has 0 amide bonds. The maximum absolute atomic E-state index is 11.4. The van der Waals surface area contributed by atoms with Crippen LogP contribution in [0.2, 0.25) is 0 Å². The van der Waals surface area contributed by atoms with Crippen molar-refractivity contribution in [3.63, 3.8) is 0 Å². The number of benzene rings is 1. The molecule has 0 spiro atoms. The van der Waals surface area contributed by atoms with E-state index in [4.69, 9.17) is 4.74 Å². The van der Waals surface area contributed by atoms with Crippen LogP contribution in [0.15, 0.2) is 37.2 Å². The molecule has 1 aromatic carbocycles. The Balaban J connectivity index is 1.57. The highest BCUT2D eigenvalue weighted by Crippen LogP contribution is 2.46. The van der Waals surface area contributed by atoms with Crippen molar-refractivity contribution in [1.29, 1.82) is 0 Å². The van der Waals surface area contributed by atoms with Crippen LogP contribution in [0, 0.1) is 0 Å². The fraction of sp³-hybridized carbons (Fsp3) is 0.522. The first kappa shape index (κ1) is 20.0.